The van der Waals surface area contributed by atoms with Crippen LogP contribution in [-0.2, 0) is 21.2 Å². The van der Waals surface area contributed by atoms with Crippen molar-refractivity contribution in [3.05, 3.63) is 83.5 Å². The van der Waals surface area contributed by atoms with Gasteiger partial charge < -0.3 is 10.1 Å². The van der Waals surface area contributed by atoms with E-state index in [9.17, 15) is 13.2 Å². The lowest BCUT2D eigenvalue weighted by atomic mass is 9.73. The highest BCUT2D eigenvalue weighted by atomic mass is 32.2. The summed E-state index contributed by atoms with van der Waals surface area (Å²) in [5, 5.41) is 3.19. The molecule has 0 unspecified atom stereocenters. The summed E-state index contributed by atoms with van der Waals surface area (Å²) in [6.45, 7) is 7.66. The smallest absolute Gasteiger partial charge is 0.243 e. The molecule has 1 N–H and O–H groups in total. The topological polar surface area (TPSA) is 75.7 Å². The summed E-state index contributed by atoms with van der Waals surface area (Å²) < 4.78 is 33.3. The number of ether oxygens (including phenoxy) is 1. The number of nitrogens with zero attached hydrogens (tertiary/aromatic N) is 1. The third-order valence-corrected chi connectivity index (χ3v) is 9.74. The van der Waals surface area contributed by atoms with Crippen molar-refractivity contribution in [1.82, 2.24) is 9.62 Å². The second-order valence-corrected chi connectivity index (χ2v) is 12.3. The molecule has 2 aromatic carbocycles. The highest BCUT2D eigenvalue weighted by Crippen LogP contribution is 2.37. The van der Waals surface area contributed by atoms with Crippen molar-refractivity contribution in [2.24, 2.45) is 5.41 Å². The van der Waals surface area contributed by atoms with Gasteiger partial charge in [0, 0.05) is 19.6 Å². The van der Waals surface area contributed by atoms with Crippen molar-refractivity contribution in [3.8, 4) is 5.75 Å². The summed E-state index contributed by atoms with van der Waals surface area (Å²) >= 11 is 0. The Labute approximate surface area is 235 Å². The zero-order valence-electron chi connectivity index (χ0n) is 23.9. The van der Waals surface area contributed by atoms with E-state index in [0.29, 0.717) is 44.6 Å². The first-order valence-corrected chi connectivity index (χ1v) is 15.5. The molecule has 1 fully saturated rings. The van der Waals surface area contributed by atoms with Gasteiger partial charge in [-0.1, -0.05) is 67.5 Å². The minimum absolute atomic E-state index is 0.0137. The number of nitrogens with one attached hydrogen (secondary N) is 1. The SMILES string of the molecule is CCC(=CC/C=C(\C)CCNC(=O)C1(Cc2ccccc2)CCN(S(=O)(=O)c2ccc(OC)cc2)CC1)CC. The molecule has 7 heteroatoms. The van der Waals surface area contributed by atoms with Gasteiger partial charge in [0.25, 0.3) is 0 Å². The van der Waals surface area contributed by atoms with Gasteiger partial charge in [0.2, 0.25) is 15.9 Å². The Morgan fingerprint density at radius 3 is 2.23 bits per heavy atom. The van der Waals surface area contributed by atoms with E-state index < -0.39 is 15.4 Å². The molecule has 0 radical (unpaired) electrons. The van der Waals surface area contributed by atoms with Crippen molar-refractivity contribution in [2.45, 2.75) is 70.6 Å². The van der Waals surface area contributed by atoms with Gasteiger partial charge in [0.05, 0.1) is 17.4 Å². The normalized spacial score (nSPS) is 15.9. The molecule has 0 aliphatic carbocycles. The predicted molar refractivity (Wildman–Crippen MR) is 158 cm³/mol. The number of carbonyl (C=O) groups excluding carboxylic acids is 1. The molecule has 212 valence electrons. The number of hydrogen-bond donors (Lipinski definition) is 1. The minimum atomic E-state index is -3.65. The van der Waals surface area contributed by atoms with Crippen LogP contribution >= 0.6 is 0 Å². The van der Waals surface area contributed by atoms with Crippen molar-refractivity contribution >= 4 is 15.9 Å². The maximum atomic E-state index is 13.7. The molecule has 0 spiro atoms. The number of hydrogen-bond acceptors (Lipinski definition) is 4. The number of amides is 1. The number of methoxy groups -OCH3 is 1. The van der Waals surface area contributed by atoms with Gasteiger partial charge in [-0.3, -0.25) is 4.79 Å². The van der Waals surface area contributed by atoms with Gasteiger partial charge in [-0.15, -0.1) is 0 Å². The number of piperidine rings is 1. The maximum Gasteiger partial charge on any atom is 0.243 e. The number of carbonyl (C=O) groups is 1. The molecule has 0 saturated carbocycles. The number of allylic oxidation sites excluding steroid dienone is 3. The van der Waals surface area contributed by atoms with Gasteiger partial charge in [-0.05, 0) is 81.7 Å². The van der Waals surface area contributed by atoms with Crippen LogP contribution in [0.1, 0.15) is 64.9 Å². The molecule has 1 amide bonds. The van der Waals surface area contributed by atoms with Gasteiger partial charge >= 0.3 is 0 Å². The lowest BCUT2D eigenvalue weighted by Gasteiger charge is -2.40. The second kappa shape index (κ2) is 14.5. The second-order valence-electron chi connectivity index (χ2n) is 10.4. The molecule has 1 saturated heterocycles. The van der Waals surface area contributed by atoms with Crippen LogP contribution in [0.15, 0.2) is 82.8 Å². The number of sulfonamides is 1. The summed E-state index contributed by atoms with van der Waals surface area (Å²) in [5.74, 6) is 0.624. The zero-order valence-corrected chi connectivity index (χ0v) is 24.7. The Kier molecular flexibility index (Phi) is 11.4. The van der Waals surface area contributed by atoms with E-state index in [1.807, 2.05) is 30.3 Å². The zero-order chi connectivity index (χ0) is 28.3. The van der Waals surface area contributed by atoms with Gasteiger partial charge in [0.15, 0.2) is 0 Å². The Balaban J connectivity index is 1.67. The molecule has 39 heavy (non-hydrogen) atoms. The summed E-state index contributed by atoms with van der Waals surface area (Å²) in [4.78, 5) is 13.9. The lowest BCUT2D eigenvalue weighted by molar-refractivity contribution is -0.133. The van der Waals surface area contributed by atoms with Gasteiger partial charge in [-0.2, -0.15) is 4.31 Å². The van der Waals surface area contributed by atoms with E-state index in [2.05, 4.69) is 38.2 Å². The van der Waals surface area contributed by atoms with E-state index in [1.54, 1.807) is 31.4 Å². The van der Waals surface area contributed by atoms with Crippen LogP contribution in [0.4, 0.5) is 0 Å². The fourth-order valence-corrected chi connectivity index (χ4v) is 6.59. The van der Waals surface area contributed by atoms with Crippen LogP contribution in [-0.4, -0.2) is 45.4 Å². The Morgan fingerprint density at radius 2 is 1.64 bits per heavy atom. The van der Waals surface area contributed by atoms with Crippen LogP contribution in [0.3, 0.4) is 0 Å². The van der Waals surface area contributed by atoms with Crippen LogP contribution in [0, 0.1) is 5.41 Å². The molecule has 3 rings (SSSR count). The van der Waals surface area contributed by atoms with E-state index in [1.165, 1.54) is 15.5 Å². The third-order valence-electron chi connectivity index (χ3n) is 7.83. The molecule has 1 heterocycles. The summed E-state index contributed by atoms with van der Waals surface area (Å²) in [7, 11) is -2.10. The Bertz CT molecular complexity index is 1220. The number of rotatable bonds is 13. The van der Waals surface area contributed by atoms with Crippen molar-refractivity contribution in [3.63, 3.8) is 0 Å². The average Bonchev–Trinajstić information content (AvgIpc) is 2.96. The molecule has 2 aromatic rings. The van der Waals surface area contributed by atoms with Crippen LogP contribution in [0.5, 0.6) is 5.75 Å². The average molecular weight is 553 g/mol. The largest absolute Gasteiger partial charge is 0.497 e. The predicted octanol–water partition coefficient (Wildman–Crippen LogP) is 6.30. The molecule has 6 nitrogen and oxygen atoms in total. The maximum absolute atomic E-state index is 13.7. The van der Waals surface area contributed by atoms with Gasteiger partial charge in [-0.25, -0.2) is 8.42 Å². The molecule has 0 atom stereocenters. The summed E-state index contributed by atoms with van der Waals surface area (Å²) in [6, 6.07) is 16.5. The van der Waals surface area contributed by atoms with Crippen molar-refractivity contribution < 1.29 is 17.9 Å². The first-order chi connectivity index (χ1) is 18.7. The number of benzene rings is 2. The lowest BCUT2D eigenvalue weighted by Crippen LogP contribution is -2.51. The first-order valence-electron chi connectivity index (χ1n) is 14.0. The standard InChI is InChI=1S/C32H44N2O4S/c1-5-27(6-2)14-10-11-26(3)19-22-33-31(35)32(25-28-12-8-7-9-13-28)20-23-34(24-21-32)39(36,37)30-17-15-29(38-4)16-18-30/h7-9,11-18H,5-6,10,19-25H2,1-4H3,(H,33,35)/b26-11+. The highest BCUT2D eigenvalue weighted by Gasteiger charge is 2.43. The molecule has 0 aromatic heterocycles. The fraction of sp³-hybridized carbons (Fsp3) is 0.469. The quantitative estimate of drug-likeness (QED) is 0.296. The van der Waals surface area contributed by atoms with Crippen molar-refractivity contribution in [1.29, 1.82) is 0 Å². The Hall–Kier alpha value is -2.90. The van der Waals surface area contributed by atoms with E-state index in [-0.39, 0.29) is 10.8 Å². The summed E-state index contributed by atoms with van der Waals surface area (Å²) in [5.41, 5.74) is 3.17. The van der Waals surface area contributed by atoms with Crippen LogP contribution < -0.4 is 10.1 Å². The van der Waals surface area contributed by atoms with E-state index in [0.717, 1.165) is 31.2 Å². The molecular formula is C32H44N2O4S. The molecule has 1 aliphatic heterocycles. The van der Waals surface area contributed by atoms with Crippen molar-refractivity contribution in [2.75, 3.05) is 26.7 Å². The molecule has 1 aliphatic rings. The van der Waals surface area contributed by atoms with E-state index in [4.69, 9.17) is 4.74 Å². The minimum Gasteiger partial charge on any atom is -0.497 e. The third kappa shape index (κ3) is 8.29. The van der Waals surface area contributed by atoms with Crippen LogP contribution in [0.25, 0.3) is 0 Å². The highest BCUT2D eigenvalue weighted by molar-refractivity contribution is 7.89. The fourth-order valence-electron chi connectivity index (χ4n) is 5.15. The van der Waals surface area contributed by atoms with Gasteiger partial charge in [0.1, 0.15) is 5.75 Å². The first kappa shape index (κ1) is 30.6. The monoisotopic (exact) mass is 552 g/mol. The molecular weight excluding hydrogens is 508 g/mol. The van der Waals surface area contributed by atoms with E-state index >= 15 is 0 Å². The molecule has 0 bridgehead atoms. The Morgan fingerprint density at radius 1 is 1.00 bits per heavy atom. The summed E-state index contributed by atoms with van der Waals surface area (Å²) in [6.07, 6.45) is 9.96. The van der Waals surface area contributed by atoms with Crippen LogP contribution in [0.2, 0.25) is 0 Å².